The Hall–Kier alpha value is -3.13. The van der Waals surface area contributed by atoms with Crippen molar-refractivity contribution in [1.82, 2.24) is 9.88 Å². The van der Waals surface area contributed by atoms with Gasteiger partial charge in [-0.1, -0.05) is 32.0 Å². The molecule has 0 bridgehead atoms. The van der Waals surface area contributed by atoms with E-state index in [1.807, 2.05) is 38.1 Å². The molecule has 2 N–H and O–H groups in total. The first-order valence-electron chi connectivity index (χ1n) is 11.9. The molecular weight excluding hydrogens is 434 g/mol. The summed E-state index contributed by atoms with van der Waals surface area (Å²) in [5.74, 6) is -1.21. The lowest BCUT2D eigenvalue weighted by Crippen LogP contribution is -2.40. The molecule has 8 heteroatoms. The molecule has 0 radical (unpaired) electrons. The maximum atomic E-state index is 13.4. The lowest BCUT2D eigenvalue weighted by Gasteiger charge is -2.34. The molecule has 1 fully saturated rings. The van der Waals surface area contributed by atoms with Gasteiger partial charge in [-0.3, -0.25) is 14.4 Å². The number of methoxy groups -OCH3 is 1. The monoisotopic (exact) mass is 469 g/mol. The van der Waals surface area contributed by atoms with Crippen LogP contribution in [0.2, 0.25) is 0 Å². The number of anilines is 1. The van der Waals surface area contributed by atoms with Crippen LogP contribution >= 0.6 is 0 Å². The van der Waals surface area contributed by atoms with Gasteiger partial charge < -0.3 is 24.6 Å². The molecule has 1 saturated heterocycles. The van der Waals surface area contributed by atoms with E-state index in [9.17, 15) is 19.5 Å². The average Bonchev–Trinajstić information content (AvgIpc) is 2.82. The quantitative estimate of drug-likeness (QED) is 0.553. The molecule has 1 aromatic carbocycles. The Bertz CT molecular complexity index is 1030. The molecule has 1 aromatic heterocycles. The Labute approximate surface area is 200 Å². The van der Waals surface area contributed by atoms with Gasteiger partial charge in [0.05, 0.1) is 18.6 Å². The number of nitrogens with one attached hydrogen (secondary N) is 1. The van der Waals surface area contributed by atoms with Gasteiger partial charge in [0.25, 0.3) is 5.56 Å². The molecule has 2 aromatic rings. The third kappa shape index (κ3) is 6.70. The molecule has 8 nitrogen and oxygen atoms in total. The van der Waals surface area contributed by atoms with Gasteiger partial charge in [0.2, 0.25) is 5.91 Å². The van der Waals surface area contributed by atoms with Crippen LogP contribution in [-0.2, 0) is 14.3 Å². The molecule has 34 heavy (non-hydrogen) atoms. The number of aromatic nitrogens is 1. The van der Waals surface area contributed by atoms with Crippen molar-refractivity contribution in [3.8, 4) is 0 Å². The number of hydrogen-bond acceptors (Lipinski definition) is 5. The van der Waals surface area contributed by atoms with Gasteiger partial charge >= 0.3 is 5.97 Å². The highest BCUT2D eigenvalue weighted by Gasteiger charge is 2.27. The van der Waals surface area contributed by atoms with Crippen LogP contribution < -0.4 is 15.8 Å². The number of nitrogens with zero attached hydrogens (tertiary/aromatic N) is 2. The van der Waals surface area contributed by atoms with Crippen LogP contribution in [0.3, 0.4) is 0 Å². The van der Waals surface area contributed by atoms with Crippen molar-refractivity contribution in [2.24, 2.45) is 5.92 Å². The van der Waals surface area contributed by atoms with Crippen molar-refractivity contribution in [1.29, 1.82) is 0 Å². The highest BCUT2D eigenvalue weighted by Crippen LogP contribution is 2.27. The lowest BCUT2D eigenvalue weighted by molar-refractivity contribution is -0.138. The summed E-state index contributed by atoms with van der Waals surface area (Å²) >= 11 is 0. The maximum Gasteiger partial charge on any atom is 0.305 e. The van der Waals surface area contributed by atoms with Crippen molar-refractivity contribution in [2.45, 2.75) is 57.7 Å². The minimum atomic E-state index is -1.01. The fourth-order valence-electron chi connectivity index (χ4n) is 4.49. The number of carbonyl (C=O) groups is 2. The standard InChI is InChI=1S/C26H35N3O5/c1-18(2)14-23(29-13-5-4-11-24(29)30)26(33)27-22(16-25(31)32)19-8-6-9-20(15-19)28-12-7-10-21(17-28)34-3/h4-6,8-9,11,13,15,18,21-23H,7,10,12,14,16-17H2,1-3H3,(H,27,33)(H,31,32)/t21-,22-,23-/m0/s1. The highest BCUT2D eigenvalue weighted by atomic mass is 16.5. The molecule has 0 aliphatic carbocycles. The Kier molecular flexibility index (Phi) is 8.87. The maximum absolute atomic E-state index is 13.4. The number of amides is 1. The SMILES string of the molecule is CO[C@H]1CCCN(c2cccc([C@H](CC(=O)O)NC(=O)[C@H](CC(C)C)n3ccccc3=O)c2)C1. The van der Waals surface area contributed by atoms with Gasteiger partial charge in [-0.25, -0.2) is 0 Å². The van der Waals surface area contributed by atoms with Gasteiger partial charge in [0.15, 0.2) is 0 Å². The predicted octanol–water partition coefficient (Wildman–Crippen LogP) is 3.38. The summed E-state index contributed by atoms with van der Waals surface area (Å²) in [6.07, 6.45) is 3.99. The zero-order valence-corrected chi connectivity index (χ0v) is 20.1. The second kappa shape index (κ2) is 11.8. The number of carbonyl (C=O) groups excluding carboxylic acids is 1. The van der Waals surface area contributed by atoms with Gasteiger partial charge in [-0.05, 0) is 48.9 Å². The van der Waals surface area contributed by atoms with E-state index < -0.39 is 18.1 Å². The molecule has 1 aliphatic rings. The van der Waals surface area contributed by atoms with Gasteiger partial charge in [-0.2, -0.15) is 0 Å². The van der Waals surface area contributed by atoms with Crippen LogP contribution in [0.15, 0.2) is 53.5 Å². The van der Waals surface area contributed by atoms with E-state index in [1.54, 1.807) is 25.4 Å². The second-order valence-electron chi connectivity index (χ2n) is 9.29. The number of hydrogen-bond donors (Lipinski definition) is 2. The van der Waals surface area contributed by atoms with Gasteiger partial charge in [-0.15, -0.1) is 0 Å². The first-order chi connectivity index (χ1) is 16.3. The molecule has 0 unspecified atom stereocenters. The molecular formula is C26H35N3O5. The number of rotatable bonds is 10. The lowest BCUT2D eigenvalue weighted by atomic mass is 9.99. The predicted molar refractivity (Wildman–Crippen MR) is 131 cm³/mol. The van der Waals surface area contributed by atoms with Crippen molar-refractivity contribution in [3.63, 3.8) is 0 Å². The molecule has 184 valence electrons. The second-order valence-corrected chi connectivity index (χ2v) is 9.29. The van der Waals surface area contributed by atoms with Crippen LogP contribution in [0.4, 0.5) is 5.69 Å². The highest BCUT2D eigenvalue weighted by molar-refractivity contribution is 5.81. The Balaban J connectivity index is 1.87. The third-order valence-corrected chi connectivity index (χ3v) is 6.23. The molecule has 3 atom stereocenters. The normalized spacial score (nSPS) is 17.9. The van der Waals surface area contributed by atoms with E-state index in [0.29, 0.717) is 6.42 Å². The Morgan fingerprint density at radius 1 is 1.21 bits per heavy atom. The molecule has 1 aliphatic heterocycles. The minimum absolute atomic E-state index is 0.160. The molecule has 2 heterocycles. The van der Waals surface area contributed by atoms with Crippen molar-refractivity contribution in [3.05, 3.63) is 64.6 Å². The summed E-state index contributed by atoms with van der Waals surface area (Å²) in [6.45, 7) is 5.63. The average molecular weight is 470 g/mol. The van der Waals surface area contributed by atoms with Crippen molar-refractivity contribution >= 4 is 17.6 Å². The zero-order valence-electron chi connectivity index (χ0n) is 20.1. The Morgan fingerprint density at radius 3 is 2.68 bits per heavy atom. The van der Waals surface area contributed by atoms with Crippen LogP contribution in [0.25, 0.3) is 0 Å². The number of ether oxygens (including phenoxy) is 1. The van der Waals surface area contributed by atoms with E-state index in [1.165, 1.54) is 10.6 Å². The van der Waals surface area contributed by atoms with E-state index in [0.717, 1.165) is 37.2 Å². The molecule has 0 saturated carbocycles. The first-order valence-corrected chi connectivity index (χ1v) is 11.9. The minimum Gasteiger partial charge on any atom is -0.481 e. The summed E-state index contributed by atoms with van der Waals surface area (Å²) in [6, 6.07) is 11.0. The fraction of sp³-hybridized carbons (Fsp3) is 0.500. The summed E-state index contributed by atoms with van der Waals surface area (Å²) in [4.78, 5) is 39.7. The fourth-order valence-corrected chi connectivity index (χ4v) is 4.49. The molecule has 3 rings (SSSR count). The van der Waals surface area contributed by atoms with Gasteiger partial charge in [0.1, 0.15) is 6.04 Å². The van der Waals surface area contributed by atoms with E-state index in [2.05, 4.69) is 10.2 Å². The molecule has 1 amide bonds. The third-order valence-electron chi connectivity index (χ3n) is 6.23. The Morgan fingerprint density at radius 2 is 2.00 bits per heavy atom. The topological polar surface area (TPSA) is 101 Å². The van der Waals surface area contributed by atoms with E-state index in [4.69, 9.17) is 4.74 Å². The van der Waals surface area contributed by atoms with Crippen LogP contribution in [0, 0.1) is 5.92 Å². The number of carboxylic acids is 1. The summed E-state index contributed by atoms with van der Waals surface area (Å²) < 4.78 is 6.95. The number of carboxylic acid groups (broad SMARTS) is 1. The van der Waals surface area contributed by atoms with Crippen LogP contribution in [0.5, 0.6) is 0 Å². The van der Waals surface area contributed by atoms with E-state index in [-0.39, 0.29) is 29.9 Å². The van der Waals surface area contributed by atoms with E-state index >= 15 is 0 Å². The zero-order chi connectivity index (χ0) is 24.7. The smallest absolute Gasteiger partial charge is 0.305 e. The summed E-state index contributed by atoms with van der Waals surface area (Å²) in [7, 11) is 1.72. The largest absolute Gasteiger partial charge is 0.481 e. The number of benzene rings is 1. The van der Waals surface area contributed by atoms with Crippen molar-refractivity contribution < 1.29 is 19.4 Å². The number of pyridine rings is 1. The van der Waals surface area contributed by atoms with Crippen molar-refractivity contribution in [2.75, 3.05) is 25.1 Å². The number of aliphatic carboxylic acids is 1. The summed E-state index contributed by atoms with van der Waals surface area (Å²) in [5, 5.41) is 12.5. The number of piperidine rings is 1. The summed E-state index contributed by atoms with van der Waals surface area (Å²) in [5.41, 5.74) is 1.43. The molecule has 0 spiro atoms. The van der Waals surface area contributed by atoms with Crippen LogP contribution in [0.1, 0.15) is 57.2 Å². The van der Waals surface area contributed by atoms with Gasteiger partial charge in [0, 0.05) is 38.1 Å². The first kappa shape index (κ1) is 25.5. The van der Waals surface area contributed by atoms with Crippen LogP contribution in [-0.4, -0.2) is 47.9 Å².